The molecule has 0 aliphatic heterocycles. The van der Waals surface area contributed by atoms with Gasteiger partial charge in [-0.1, -0.05) is 37.7 Å². The van der Waals surface area contributed by atoms with Crippen LogP contribution in [0.2, 0.25) is 0 Å². The van der Waals surface area contributed by atoms with Gasteiger partial charge in [0, 0.05) is 17.7 Å². The number of aromatic nitrogens is 4. The van der Waals surface area contributed by atoms with Crippen molar-refractivity contribution in [3.8, 4) is 0 Å². The Morgan fingerprint density at radius 3 is 2.61 bits per heavy atom. The van der Waals surface area contributed by atoms with Crippen LogP contribution in [0.4, 0.5) is 0 Å². The molecule has 0 spiro atoms. The standard InChI is InChI=1S/C20H25N5O2S/c1-11(2)17(18-22-14-7-5-6-8-15(14)23-18)24-16(26)10-9-13-12(3)21-20(28-4)25-19(13)27/h5-8,11,17H,9-10H2,1-4H3,(H,22,23)(H,24,26)(H,21,25,27). The van der Waals surface area contributed by atoms with E-state index >= 15 is 0 Å². The van der Waals surface area contributed by atoms with Gasteiger partial charge in [0.15, 0.2) is 5.16 Å². The Bertz CT molecular complexity index is 1010. The monoisotopic (exact) mass is 399 g/mol. The summed E-state index contributed by atoms with van der Waals surface area (Å²) in [5.74, 6) is 0.786. The number of hydrogen-bond acceptors (Lipinski definition) is 5. The van der Waals surface area contributed by atoms with Crippen molar-refractivity contribution in [3.05, 3.63) is 51.7 Å². The van der Waals surface area contributed by atoms with Gasteiger partial charge < -0.3 is 15.3 Å². The molecule has 1 atom stereocenters. The molecule has 3 rings (SSSR count). The van der Waals surface area contributed by atoms with Crippen LogP contribution in [0.3, 0.4) is 0 Å². The minimum absolute atomic E-state index is 0.119. The van der Waals surface area contributed by atoms with Crippen LogP contribution in [0.25, 0.3) is 11.0 Å². The number of nitrogens with zero attached hydrogens (tertiary/aromatic N) is 2. The van der Waals surface area contributed by atoms with Crippen molar-refractivity contribution in [1.82, 2.24) is 25.3 Å². The van der Waals surface area contributed by atoms with E-state index < -0.39 is 0 Å². The van der Waals surface area contributed by atoms with E-state index in [4.69, 9.17) is 0 Å². The highest BCUT2D eigenvalue weighted by molar-refractivity contribution is 7.98. The molecule has 7 nitrogen and oxygen atoms in total. The molecule has 1 amide bonds. The molecule has 0 bridgehead atoms. The maximum absolute atomic E-state index is 12.6. The zero-order valence-electron chi connectivity index (χ0n) is 16.5. The predicted molar refractivity (Wildman–Crippen MR) is 112 cm³/mol. The maximum atomic E-state index is 12.6. The Kier molecular flexibility index (Phi) is 6.18. The zero-order valence-corrected chi connectivity index (χ0v) is 17.3. The van der Waals surface area contributed by atoms with Gasteiger partial charge in [0.25, 0.3) is 5.56 Å². The fourth-order valence-electron chi connectivity index (χ4n) is 3.13. The summed E-state index contributed by atoms with van der Waals surface area (Å²) in [5, 5.41) is 3.64. The number of H-pyrrole nitrogens is 2. The summed E-state index contributed by atoms with van der Waals surface area (Å²) in [6.07, 6.45) is 2.42. The third-order valence-electron chi connectivity index (χ3n) is 4.68. The first-order valence-corrected chi connectivity index (χ1v) is 10.5. The Hall–Kier alpha value is -2.61. The number of nitrogens with one attached hydrogen (secondary N) is 3. The number of aromatic amines is 2. The molecule has 0 fully saturated rings. The van der Waals surface area contributed by atoms with Crippen LogP contribution in [0, 0.1) is 12.8 Å². The number of para-hydroxylation sites is 2. The average molecular weight is 400 g/mol. The number of benzene rings is 1. The molecule has 0 saturated heterocycles. The minimum Gasteiger partial charge on any atom is -0.346 e. The van der Waals surface area contributed by atoms with Gasteiger partial charge in [-0.2, -0.15) is 0 Å². The van der Waals surface area contributed by atoms with Crippen LogP contribution < -0.4 is 10.9 Å². The van der Waals surface area contributed by atoms with E-state index in [1.807, 2.05) is 44.4 Å². The highest BCUT2D eigenvalue weighted by atomic mass is 32.2. The summed E-state index contributed by atoms with van der Waals surface area (Å²) in [6, 6.07) is 7.56. The second-order valence-electron chi connectivity index (χ2n) is 7.07. The third-order valence-corrected chi connectivity index (χ3v) is 5.26. The number of carbonyl (C=O) groups is 1. The number of rotatable bonds is 7. The van der Waals surface area contributed by atoms with E-state index in [1.165, 1.54) is 11.8 Å². The molecule has 28 heavy (non-hydrogen) atoms. The van der Waals surface area contributed by atoms with E-state index in [9.17, 15) is 9.59 Å². The van der Waals surface area contributed by atoms with Gasteiger partial charge in [-0.25, -0.2) is 9.97 Å². The summed E-state index contributed by atoms with van der Waals surface area (Å²) >= 11 is 1.38. The molecule has 3 aromatic rings. The average Bonchev–Trinajstić information content (AvgIpc) is 3.08. The van der Waals surface area contributed by atoms with E-state index in [2.05, 4.69) is 25.3 Å². The van der Waals surface area contributed by atoms with Crippen molar-refractivity contribution in [1.29, 1.82) is 0 Å². The second kappa shape index (κ2) is 8.60. The quantitative estimate of drug-likeness (QED) is 0.418. The van der Waals surface area contributed by atoms with Gasteiger partial charge >= 0.3 is 0 Å². The lowest BCUT2D eigenvalue weighted by molar-refractivity contribution is -0.122. The molecular weight excluding hydrogens is 374 g/mol. The molecule has 8 heteroatoms. The summed E-state index contributed by atoms with van der Waals surface area (Å²) < 4.78 is 0. The van der Waals surface area contributed by atoms with Gasteiger partial charge in [0.2, 0.25) is 5.91 Å². The molecular formula is C20H25N5O2S. The summed E-state index contributed by atoms with van der Waals surface area (Å²) in [4.78, 5) is 39.8. The van der Waals surface area contributed by atoms with Crippen molar-refractivity contribution in [2.24, 2.45) is 5.92 Å². The lowest BCUT2D eigenvalue weighted by atomic mass is 10.0. The van der Waals surface area contributed by atoms with Gasteiger partial charge in [0.1, 0.15) is 5.82 Å². The van der Waals surface area contributed by atoms with Gasteiger partial charge in [-0.05, 0) is 37.7 Å². The normalized spacial score (nSPS) is 12.5. The molecule has 2 heterocycles. The highest BCUT2D eigenvalue weighted by Crippen LogP contribution is 2.22. The SMILES string of the molecule is CSc1nc(C)c(CCC(=O)NC(c2nc3ccccc3[nH]2)C(C)C)c(=O)[nH]1. The number of amides is 1. The number of thioether (sulfide) groups is 1. The van der Waals surface area contributed by atoms with Crippen LogP contribution >= 0.6 is 11.8 Å². The Balaban J connectivity index is 1.71. The first-order chi connectivity index (χ1) is 13.4. The molecule has 0 radical (unpaired) electrons. The zero-order chi connectivity index (χ0) is 20.3. The van der Waals surface area contributed by atoms with E-state index in [0.717, 1.165) is 16.9 Å². The first-order valence-electron chi connectivity index (χ1n) is 9.26. The van der Waals surface area contributed by atoms with Gasteiger partial charge in [0.05, 0.1) is 17.1 Å². The number of imidazole rings is 1. The predicted octanol–water partition coefficient (Wildman–Crippen LogP) is 3.12. The van der Waals surface area contributed by atoms with E-state index in [-0.39, 0.29) is 29.8 Å². The van der Waals surface area contributed by atoms with Crippen molar-refractivity contribution in [2.45, 2.75) is 44.8 Å². The second-order valence-corrected chi connectivity index (χ2v) is 7.86. The Morgan fingerprint density at radius 2 is 1.96 bits per heavy atom. The van der Waals surface area contributed by atoms with Crippen LogP contribution in [0.5, 0.6) is 0 Å². The van der Waals surface area contributed by atoms with E-state index in [0.29, 0.717) is 22.8 Å². The molecule has 2 aromatic heterocycles. The minimum atomic E-state index is -0.226. The van der Waals surface area contributed by atoms with Crippen LogP contribution in [-0.4, -0.2) is 32.1 Å². The smallest absolute Gasteiger partial charge is 0.254 e. The lowest BCUT2D eigenvalue weighted by Crippen LogP contribution is -2.33. The Morgan fingerprint density at radius 1 is 1.21 bits per heavy atom. The number of fused-ring (bicyclic) bond motifs is 1. The fraction of sp³-hybridized carbons (Fsp3) is 0.400. The molecule has 0 saturated carbocycles. The van der Waals surface area contributed by atoms with Crippen LogP contribution in [0.1, 0.15) is 43.4 Å². The van der Waals surface area contributed by atoms with Crippen molar-refractivity contribution in [2.75, 3.05) is 6.26 Å². The van der Waals surface area contributed by atoms with Gasteiger partial charge in [-0.3, -0.25) is 9.59 Å². The molecule has 3 N–H and O–H groups in total. The number of hydrogen-bond donors (Lipinski definition) is 3. The van der Waals surface area contributed by atoms with Crippen LogP contribution in [0.15, 0.2) is 34.2 Å². The van der Waals surface area contributed by atoms with E-state index in [1.54, 1.807) is 6.92 Å². The molecule has 1 unspecified atom stereocenters. The molecule has 1 aromatic carbocycles. The van der Waals surface area contributed by atoms with Crippen molar-refractivity contribution >= 4 is 28.7 Å². The van der Waals surface area contributed by atoms with Crippen LogP contribution in [-0.2, 0) is 11.2 Å². The third kappa shape index (κ3) is 4.44. The highest BCUT2D eigenvalue weighted by Gasteiger charge is 2.22. The summed E-state index contributed by atoms with van der Waals surface area (Å²) in [5.41, 5.74) is 2.86. The van der Waals surface area contributed by atoms with Gasteiger partial charge in [-0.15, -0.1) is 0 Å². The fourth-order valence-corrected chi connectivity index (χ4v) is 3.55. The topological polar surface area (TPSA) is 104 Å². The molecule has 0 aliphatic carbocycles. The summed E-state index contributed by atoms with van der Waals surface area (Å²) in [7, 11) is 0. The first kappa shape index (κ1) is 20.1. The number of aryl methyl sites for hydroxylation is 1. The molecule has 0 aliphatic rings. The maximum Gasteiger partial charge on any atom is 0.254 e. The molecule has 148 valence electrons. The lowest BCUT2D eigenvalue weighted by Gasteiger charge is -2.20. The summed E-state index contributed by atoms with van der Waals surface area (Å²) in [6.45, 7) is 5.88. The number of carbonyl (C=O) groups excluding carboxylic acids is 1. The Labute approximate surface area is 167 Å². The largest absolute Gasteiger partial charge is 0.346 e. The van der Waals surface area contributed by atoms with Crippen molar-refractivity contribution < 1.29 is 4.79 Å². The van der Waals surface area contributed by atoms with Crippen molar-refractivity contribution in [3.63, 3.8) is 0 Å².